The molecule has 27 heavy (non-hydrogen) atoms. The number of rotatable bonds is 2. The van der Waals surface area contributed by atoms with Crippen LogP contribution in [0.25, 0.3) is 12.2 Å². The Hall–Kier alpha value is -2.78. The van der Waals surface area contributed by atoms with E-state index in [1.54, 1.807) is 38.4 Å². The normalized spacial score (nSPS) is 20.6. The zero-order chi connectivity index (χ0) is 19.9. The lowest BCUT2D eigenvalue weighted by atomic mass is 10.2. The molecule has 0 spiro atoms. The van der Waals surface area contributed by atoms with E-state index in [4.69, 9.17) is 4.74 Å². The highest BCUT2D eigenvalue weighted by atomic mass is 19.3. The fourth-order valence-corrected chi connectivity index (χ4v) is 2.26. The van der Waals surface area contributed by atoms with Crippen LogP contribution in [0.5, 0.6) is 5.75 Å². The van der Waals surface area contributed by atoms with E-state index in [9.17, 15) is 13.6 Å². The third-order valence-corrected chi connectivity index (χ3v) is 3.51. The van der Waals surface area contributed by atoms with Gasteiger partial charge in [0.25, 0.3) is 5.91 Å². The highest BCUT2D eigenvalue weighted by Crippen LogP contribution is 2.20. The molecule has 1 aliphatic heterocycles. The molecular weight excluding hydrogens is 360 g/mol. The zero-order valence-electron chi connectivity index (χ0n) is 15.2. The van der Waals surface area contributed by atoms with E-state index in [0.29, 0.717) is 22.0 Å². The van der Waals surface area contributed by atoms with Crippen LogP contribution in [0, 0.1) is 0 Å². The fraction of sp³-hybridized carbons (Fsp3) is 0.333. The molecule has 3 rings (SSSR count). The second-order valence-electron chi connectivity index (χ2n) is 5.48. The molecule has 0 saturated heterocycles. The molecule has 2 aromatic rings. The molecule has 1 atom stereocenters. The van der Waals surface area contributed by atoms with Crippen LogP contribution in [0.2, 0.25) is 0 Å². The molecule has 0 aliphatic carbocycles. The second-order valence-corrected chi connectivity index (χ2v) is 5.48. The number of fused-ring (bicyclic) bond motifs is 1. The number of aromatic nitrogens is 2. The lowest BCUT2D eigenvalue weighted by molar-refractivity contribution is -0.393. The maximum absolute atomic E-state index is 12.9. The number of halogens is 2. The molecule has 0 saturated carbocycles. The van der Waals surface area contributed by atoms with Gasteiger partial charge in [0.2, 0.25) is 0 Å². The van der Waals surface area contributed by atoms with E-state index in [-0.39, 0.29) is 12.5 Å². The van der Waals surface area contributed by atoms with Crippen molar-refractivity contribution in [2.75, 3.05) is 20.8 Å². The van der Waals surface area contributed by atoms with Gasteiger partial charge in [0.1, 0.15) is 5.75 Å². The van der Waals surface area contributed by atoms with Crippen LogP contribution in [0.1, 0.15) is 17.3 Å². The van der Waals surface area contributed by atoms with Crippen LogP contribution in [0.15, 0.2) is 30.6 Å². The third kappa shape index (κ3) is 6.15. The van der Waals surface area contributed by atoms with Crippen molar-refractivity contribution in [2.45, 2.75) is 19.3 Å². The maximum Gasteiger partial charge on any atom is 0.486 e. The first-order valence-electron chi connectivity index (χ1n) is 8.12. The molecule has 0 fully saturated rings. The molecule has 1 aromatic carbocycles. The van der Waals surface area contributed by atoms with Gasteiger partial charge in [0, 0.05) is 12.6 Å². The van der Waals surface area contributed by atoms with Crippen molar-refractivity contribution >= 4 is 18.1 Å². The van der Waals surface area contributed by atoms with E-state index in [2.05, 4.69) is 24.8 Å². The summed E-state index contributed by atoms with van der Waals surface area (Å²) in [5, 5.41) is 3.78. The Morgan fingerprint density at radius 3 is 2.93 bits per heavy atom. The van der Waals surface area contributed by atoms with Gasteiger partial charge in [-0.3, -0.25) is 14.3 Å². The predicted octanol–water partition coefficient (Wildman–Crippen LogP) is 1.01. The number of imidazole rings is 1. The number of hydrogen-bond donors (Lipinski definition) is 2. The number of carbonyl (C=O) groups is 1. The lowest BCUT2D eigenvalue weighted by Gasteiger charge is -2.17. The van der Waals surface area contributed by atoms with E-state index < -0.39 is 12.4 Å². The van der Waals surface area contributed by atoms with Crippen LogP contribution >= 0.6 is 0 Å². The number of ether oxygens (including phenoxy) is 3. The van der Waals surface area contributed by atoms with Gasteiger partial charge in [0.15, 0.2) is 0 Å². The molecule has 7 nitrogen and oxygen atoms in total. The fourth-order valence-electron chi connectivity index (χ4n) is 2.26. The Bertz CT molecular complexity index is 883. The summed E-state index contributed by atoms with van der Waals surface area (Å²) in [6, 6.07) is 7.01. The quantitative estimate of drug-likeness (QED) is 0.811. The maximum atomic E-state index is 12.9. The van der Waals surface area contributed by atoms with Gasteiger partial charge in [-0.1, -0.05) is 6.07 Å². The second kappa shape index (κ2) is 9.24. The van der Waals surface area contributed by atoms with Crippen molar-refractivity contribution in [1.82, 2.24) is 15.3 Å². The molecule has 2 N–H and O–H groups in total. The highest BCUT2D eigenvalue weighted by Gasteiger charge is 2.33. The van der Waals surface area contributed by atoms with Crippen LogP contribution < -0.4 is 20.8 Å². The van der Waals surface area contributed by atoms with Crippen molar-refractivity contribution in [3.63, 3.8) is 0 Å². The first kappa shape index (κ1) is 20.5. The van der Waals surface area contributed by atoms with Gasteiger partial charge < -0.3 is 15.0 Å². The van der Waals surface area contributed by atoms with Gasteiger partial charge in [-0.2, -0.15) is 0 Å². The summed E-state index contributed by atoms with van der Waals surface area (Å²) in [7, 11) is 3.17. The van der Waals surface area contributed by atoms with Crippen molar-refractivity contribution < 1.29 is 27.8 Å². The number of methoxy groups -OCH3 is 1. The van der Waals surface area contributed by atoms with Crippen molar-refractivity contribution in [2.24, 2.45) is 0 Å². The number of nitrogens with one attached hydrogen (secondary N) is 2. The molecule has 1 aromatic heterocycles. The molecule has 0 bridgehead atoms. The number of aromatic amines is 1. The highest BCUT2D eigenvalue weighted by molar-refractivity contribution is 5.94. The van der Waals surface area contributed by atoms with Crippen molar-refractivity contribution in [3.8, 4) is 5.75 Å². The topological polar surface area (TPSA) is 85.5 Å². The number of H-pyrrole nitrogens is 1. The Labute approximate surface area is 154 Å². The predicted molar refractivity (Wildman–Crippen MR) is 94.6 cm³/mol. The number of amides is 1. The van der Waals surface area contributed by atoms with Crippen LogP contribution in [-0.2, 0) is 9.47 Å². The number of alkyl halides is 2. The molecule has 1 aliphatic rings. The number of hydrogen-bond acceptors (Lipinski definition) is 5. The van der Waals surface area contributed by atoms with Crippen molar-refractivity contribution in [3.05, 3.63) is 46.9 Å². The SMILES string of the molecule is CC1/C=c2/[nH]cn/c2=C/COC(F)(F)O1.CNC(=O)c1cccc(OC)c1. The summed E-state index contributed by atoms with van der Waals surface area (Å²) in [6.07, 6.45) is 0.171. The molecule has 1 unspecified atom stereocenters. The lowest BCUT2D eigenvalue weighted by Crippen LogP contribution is -2.29. The van der Waals surface area contributed by atoms with Crippen LogP contribution in [0.3, 0.4) is 0 Å². The van der Waals surface area contributed by atoms with Crippen LogP contribution in [0.4, 0.5) is 8.78 Å². The number of benzene rings is 1. The molecular formula is C18H21F2N3O4. The molecule has 2 heterocycles. The average molecular weight is 381 g/mol. The summed E-state index contributed by atoms with van der Waals surface area (Å²) in [5.74, 6) is 0.588. The standard InChI is InChI=1S/C9H10F2N2O2.C9H11NO2/c1-6-4-8-7(12-5-13-8)2-3-14-9(10,11)15-6;1-10-9(11)7-4-3-5-8(6-7)12-2/h2,4-6H,3H2,1H3,(H,12,13);3-6H,1-2H3,(H,10,11)/b7-2+,8-4+;. The van der Waals surface area contributed by atoms with Gasteiger partial charge in [-0.25, -0.2) is 4.98 Å². The molecule has 146 valence electrons. The largest absolute Gasteiger partial charge is 0.497 e. The van der Waals surface area contributed by atoms with E-state index in [1.165, 1.54) is 25.4 Å². The summed E-state index contributed by atoms with van der Waals surface area (Å²) in [6.45, 7) is 1.26. The van der Waals surface area contributed by atoms with Gasteiger partial charge in [-0.05, 0) is 37.3 Å². The minimum Gasteiger partial charge on any atom is -0.497 e. The van der Waals surface area contributed by atoms with Crippen molar-refractivity contribution in [1.29, 1.82) is 0 Å². The van der Waals surface area contributed by atoms with E-state index in [1.807, 2.05) is 0 Å². The first-order chi connectivity index (χ1) is 12.8. The summed E-state index contributed by atoms with van der Waals surface area (Å²) < 4.78 is 39.4. The number of nitrogens with zero attached hydrogens (tertiary/aromatic N) is 1. The third-order valence-electron chi connectivity index (χ3n) is 3.51. The van der Waals surface area contributed by atoms with Gasteiger partial charge in [0.05, 0.1) is 36.8 Å². The first-order valence-corrected chi connectivity index (χ1v) is 8.12. The minimum absolute atomic E-state index is 0.103. The Morgan fingerprint density at radius 2 is 2.22 bits per heavy atom. The zero-order valence-corrected chi connectivity index (χ0v) is 15.2. The minimum atomic E-state index is -3.56. The Balaban J connectivity index is 0.000000199. The van der Waals surface area contributed by atoms with Crippen LogP contribution in [-0.4, -0.2) is 49.0 Å². The molecule has 1 amide bonds. The average Bonchev–Trinajstić information content (AvgIpc) is 3.08. The number of carbonyl (C=O) groups excluding carboxylic acids is 1. The van der Waals surface area contributed by atoms with Gasteiger partial charge in [-0.15, -0.1) is 8.78 Å². The molecule has 0 radical (unpaired) electrons. The smallest absolute Gasteiger partial charge is 0.486 e. The molecule has 9 heteroatoms. The summed E-state index contributed by atoms with van der Waals surface area (Å²) in [4.78, 5) is 17.9. The Morgan fingerprint density at radius 1 is 1.44 bits per heavy atom. The van der Waals surface area contributed by atoms with E-state index >= 15 is 0 Å². The Kier molecular flexibility index (Phi) is 7.03. The summed E-state index contributed by atoms with van der Waals surface area (Å²) >= 11 is 0. The van der Waals surface area contributed by atoms with Gasteiger partial charge >= 0.3 is 6.29 Å². The monoisotopic (exact) mass is 381 g/mol. The van der Waals surface area contributed by atoms with E-state index in [0.717, 1.165) is 0 Å². The summed E-state index contributed by atoms with van der Waals surface area (Å²) in [5.41, 5.74) is 0.608.